The summed E-state index contributed by atoms with van der Waals surface area (Å²) in [4.78, 5) is 16.8. The smallest absolute Gasteiger partial charge is 0.252 e. The summed E-state index contributed by atoms with van der Waals surface area (Å²) >= 11 is 0. The third-order valence-electron chi connectivity index (χ3n) is 5.44. The number of hydrogen-bond acceptors (Lipinski definition) is 6. The van der Waals surface area contributed by atoms with Gasteiger partial charge in [0.1, 0.15) is 11.5 Å². The average molecular weight is 450 g/mol. The molecule has 1 amide bonds. The Bertz CT molecular complexity index is 1020. The van der Waals surface area contributed by atoms with Gasteiger partial charge in [0.2, 0.25) is 10.0 Å². The summed E-state index contributed by atoms with van der Waals surface area (Å²) in [5.41, 5.74) is 1.97. The highest BCUT2D eigenvalue weighted by molar-refractivity contribution is 7.89. The van der Waals surface area contributed by atoms with Crippen molar-refractivity contribution in [2.45, 2.75) is 24.8 Å². The molecule has 0 saturated heterocycles. The van der Waals surface area contributed by atoms with Crippen LogP contribution in [0.3, 0.4) is 0 Å². The minimum Gasteiger partial charge on any atom is -0.375 e. The standard InChI is InChI=1S/C21H31N5O4S/c1-17-20(15-24(3)22-17)31(28,29)25-13-12-23(2)10-7-11-26(21(27)16-30-4)19-9-6-5-8-18(19)14-25/h5-6,8-9,15H,7,10-14,16H2,1-4H3. The van der Waals surface area contributed by atoms with E-state index < -0.39 is 10.0 Å². The zero-order valence-corrected chi connectivity index (χ0v) is 19.4. The molecule has 3 rings (SSSR count). The second-order valence-electron chi connectivity index (χ2n) is 7.85. The predicted molar refractivity (Wildman–Crippen MR) is 118 cm³/mol. The lowest BCUT2D eigenvalue weighted by Crippen LogP contribution is -2.37. The van der Waals surface area contributed by atoms with Crippen molar-refractivity contribution in [1.29, 1.82) is 0 Å². The minimum atomic E-state index is -3.77. The fraction of sp³-hybridized carbons (Fsp3) is 0.524. The fourth-order valence-corrected chi connectivity index (χ4v) is 5.44. The number of benzene rings is 1. The van der Waals surface area contributed by atoms with Crippen LogP contribution in [0.1, 0.15) is 17.7 Å². The van der Waals surface area contributed by atoms with Crippen LogP contribution in [-0.4, -0.2) is 80.3 Å². The molecule has 1 aliphatic rings. The number of amides is 1. The van der Waals surface area contributed by atoms with E-state index in [0.29, 0.717) is 25.3 Å². The van der Waals surface area contributed by atoms with Gasteiger partial charge < -0.3 is 14.5 Å². The molecule has 0 aliphatic carbocycles. The van der Waals surface area contributed by atoms with Crippen LogP contribution < -0.4 is 4.90 Å². The Hall–Kier alpha value is -2.27. The molecule has 2 heterocycles. The quantitative estimate of drug-likeness (QED) is 0.698. The lowest BCUT2D eigenvalue weighted by atomic mass is 10.1. The summed E-state index contributed by atoms with van der Waals surface area (Å²) < 4.78 is 35.2. The summed E-state index contributed by atoms with van der Waals surface area (Å²) in [7, 11) is 1.40. The first-order valence-corrected chi connectivity index (χ1v) is 11.7. The number of carbonyl (C=O) groups is 1. The molecular formula is C21H31N5O4S. The van der Waals surface area contributed by atoms with E-state index in [-0.39, 0.29) is 24.0 Å². The normalized spacial score (nSPS) is 17.2. The Kier molecular flexibility index (Phi) is 7.47. The van der Waals surface area contributed by atoms with Gasteiger partial charge in [-0.25, -0.2) is 8.42 Å². The van der Waals surface area contributed by atoms with E-state index in [1.165, 1.54) is 16.1 Å². The van der Waals surface area contributed by atoms with Gasteiger partial charge in [0.15, 0.2) is 0 Å². The maximum atomic E-state index is 13.6. The van der Waals surface area contributed by atoms with Gasteiger partial charge in [-0.3, -0.25) is 9.48 Å². The van der Waals surface area contributed by atoms with Gasteiger partial charge in [0.25, 0.3) is 5.91 Å². The van der Waals surface area contributed by atoms with Crippen molar-refractivity contribution >= 4 is 21.6 Å². The number of hydrogen-bond donors (Lipinski definition) is 0. The Morgan fingerprint density at radius 2 is 1.87 bits per heavy atom. The van der Waals surface area contributed by atoms with E-state index in [1.807, 2.05) is 31.3 Å². The van der Waals surface area contributed by atoms with Crippen LogP contribution in [0.2, 0.25) is 0 Å². The molecule has 0 fully saturated rings. The van der Waals surface area contributed by atoms with Gasteiger partial charge >= 0.3 is 0 Å². The molecule has 0 radical (unpaired) electrons. The number of nitrogens with zero attached hydrogens (tertiary/aromatic N) is 5. The Morgan fingerprint density at radius 3 is 2.55 bits per heavy atom. The number of para-hydroxylation sites is 1. The lowest BCUT2D eigenvalue weighted by molar-refractivity contribution is -0.122. The second-order valence-corrected chi connectivity index (χ2v) is 9.76. The van der Waals surface area contributed by atoms with Gasteiger partial charge in [0.05, 0.1) is 5.69 Å². The van der Waals surface area contributed by atoms with Crippen LogP contribution in [0.25, 0.3) is 0 Å². The lowest BCUT2D eigenvalue weighted by Gasteiger charge is -2.27. The van der Waals surface area contributed by atoms with Crippen molar-refractivity contribution in [1.82, 2.24) is 19.0 Å². The Labute approximate surface area is 184 Å². The molecule has 0 spiro atoms. The van der Waals surface area contributed by atoms with Crippen LogP contribution in [0, 0.1) is 6.92 Å². The number of methoxy groups -OCH3 is 1. The SMILES string of the molecule is COCC(=O)N1CCCN(C)CCN(S(=O)(=O)c2cn(C)nc2C)Cc2ccccc21. The van der Waals surface area contributed by atoms with Crippen molar-refractivity contribution in [3.8, 4) is 0 Å². The van der Waals surface area contributed by atoms with E-state index in [4.69, 9.17) is 4.74 Å². The van der Waals surface area contributed by atoms with Crippen LogP contribution in [0.15, 0.2) is 35.4 Å². The monoisotopic (exact) mass is 449 g/mol. The third kappa shape index (κ3) is 5.32. The molecular weight excluding hydrogens is 418 g/mol. The van der Waals surface area contributed by atoms with E-state index in [1.54, 1.807) is 25.1 Å². The Balaban J connectivity index is 2.05. The molecule has 9 nitrogen and oxygen atoms in total. The van der Waals surface area contributed by atoms with Crippen molar-refractivity contribution in [2.24, 2.45) is 7.05 Å². The summed E-state index contributed by atoms with van der Waals surface area (Å²) in [6, 6.07) is 7.47. The van der Waals surface area contributed by atoms with Gasteiger partial charge in [-0.05, 0) is 38.6 Å². The number of ether oxygens (including phenoxy) is 1. The maximum Gasteiger partial charge on any atom is 0.252 e. The first-order chi connectivity index (χ1) is 14.7. The predicted octanol–water partition coefficient (Wildman–Crippen LogP) is 1.23. The van der Waals surface area contributed by atoms with E-state index >= 15 is 0 Å². The molecule has 0 N–H and O–H groups in total. The van der Waals surface area contributed by atoms with Crippen molar-refractivity contribution in [2.75, 3.05) is 51.8 Å². The summed E-state index contributed by atoms with van der Waals surface area (Å²) in [6.45, 7) is 4.06. The number of likely N-dealkylation sites (N-methyl/N-ethyl adjacent to an activating group) is 1. The summed E-state index contributed by atoms with van der Waals surface area (Å²) in [5, 5.41) is 4.21. The van der Waals surface area contributed by atoms with E-state index in [2.05, 4.69) is 10.00 Å². The number of aromatic nitrogens is 2. The molecule has 0 atom stereocenters. The van der Waals surface area contributed by atoms with Gasteiger partial charge in [0, 0.05) is 52.2 Å². The van der Waals surface area contributed by atoms with Gasteiger partial charge in [-0.15, -0.1) is 0 Å². The highest BCUT2D eigenvalue weighted by atomic mass is 32.2. The molecule has 10 heteroatoms. The summed E-state index contributed by atoms with van der Waals surface area (Å²) in [5.74, 6) is -0.144. The molecule has 0 saturated carbocycles. The molecule has 1 aliphatic heterocycles. The minimum absolute atomic E-state index is 0.0267. The molecule has 1 aromatic carbocycles. The van der Waals surface area contributed by atoms with Gasteiger partial charge in [-0.1, -0.05) is 18.2 Å². The van der Waals surface area contributed by atoms with Crippen LogP contribution >= 0.6 is 0 Å². The maximum absolute atomic E-state index is 13.6. The average Bonchev–Trinajstić information content (AvgIpc) is 3.06. The molecule has 31 heavy (non-hydrogen) atoms. The number of aryl methyl sites for hydroxylation is 2. The first-order valence-electron chi connectivity index (χ1n) is 10.3. The number of rotatable bonds is 4. The number of anilines is 1. The van der Waals surface area contributed by atoms with E-state index in [9.17, 15) is 13.2 Å². The summed E-state index contributed by atoms with van der Waals surface area (Å²) in [6.07, 6.45) is 2.31. The molecule has 170 valence electrons. The highest BCUT2D eigenvalue weighted by Gasteiger charge is 2.30. The number of carbonyl (C=O) groups excluding carboxylic acids is 1. The zero-order chi connectivity index (χ0) is 22.6. The highest BCUT2D eigenvalue weighted by Crippen LogP contribution is 2.27. The largest absolute Gasteiger partial charge is 0.375 e. The number of fused-ring (bicyclic) bond motifs is 1. The number of sulfonamides is 1. The van der Waals surface area contributed by atoms with Crippen molar-refractivity contribution in [3.05, 3.63) is 41.7 Å². The Morgan fingerprint density at radius 1 is 1.13 bits per heavy atom. The molecule has 0 bridgehead atoms. The molecule has 0 unspecified atom stereocenters. The van der Waals surface area contributed by atoms with Crippen molar-refractivity contribution < 1.29 is 17.9 Å². The topological polar surface area (TPSA) is 88.0 Å². The fourth-order valence-electron chi connectivity index (χ4n) is 3.83. The van der Waals surface area contributed by atoms with Gasteiger partial charge in [-0.2, -0.15) is 9.40 Å². The van der Waals surface area contributed by atoms with Crippen LogP contribution in [0.4, 0.5) is 5.69 Å². The van der Waals surface area contributed by atoms with Crippen LogP contribution in [0.5, 0.6) is 0 Å². The second kappa shape index (κ2) is 9.90. The van der Waals surface area contributed by atoms with Crippen molar-refractivity contribution in [3.63, 3.8) is 0 Å². The molecule has 1 aromatic heterocycles. The zero-order valence-electron chi connectivity index (χ0n) is 18.6. The molecule has 2 aromatic rings. The third-order valence-corrected chi connectivity index (χ3v) is 7.39. The van der Waals surface area contributed by atoms with Crippen LogP contribution in [-0.2, 0) is 33.1 Å². The van der Waals surface area contributed by atoms with E-state index in [0.717, 1.165) is 24.2 Å². The first kappa shape index (κ1) is 23.4.